The molecule has 1 unspecified atom stereocenters. The number of methoxy groups -OCH3 is 1. The highest BCUT2D eigenvalue weighted by atomic mass is 19.1. The molecule has 0 aliphatic carbocycles. The molecule has 4 nitrogen and oxygen atoms in total. The van der Waals surface area contributed by atoms with Crippen LogP contribution in [0.1, 0.15) is 17.2 Å². The number of nitriles is 1. The summed E-state index contributed by atoms with van der Waals surface area (Å²) in [6, 6.07) is 14.4. The van der Waals surface area contributed by atoms with E-state index in [1.807, 2.05) is 12.1 Å². The van der Waals surface area contributed by atoms with Crippen molar-refractivity contribution in [2.45, 2.75) is 6.10 Å². The quantitative estimate of drug-likeness (QED) is 0.938. The largest absolute Gasteiger partial charge is 0.367 e. The number of halogens is 1. The van der Waals surface area contributed by atoms with Crippen molar-refractivity contribution >= 4 is 11.6 Å². The number of carbonyl (C=O) groups excluding carboxylic acids is 1. The Morgan fingerprint density at radius 1 is 1.29 bits per heavy atom. The highest BCUT2D eigenvalue weighted by Gasteiger charge is 2.20. The standard InChI is InChI=1S/C16H13FN2O2/c1-21-15(11-5-3-2-4-6-11)16(20)19-14-8-7-13(17)9-12(14)10-18/h2-9,15H,1H3,(H,19,20). The molecule has 0 saturated heterocycles. The van der Waals surface area contributed by atoms with E-state index in [4.69, 9.17) is 10.00 Å². The summed E-state index contributed by atoms with van der Waals surface area (Å²) in [5.41, 5.74) is 1.01. The third kappa shape index (κ3) is 3.44. The van der Waals surface area contributed by atoms with Gasteiger partial charge in [0.2, 0.25) is 0 Å². The van der Waals surface area contributed by atoms with Crippen molar-refractivity contribution in [3.8, 4) is 6.07 Å². The van der Waals surface area contributed by atoms with Crippen LogP contribution in [0.3, 0.4) is 0 Å². The Bertz CT molecular complexity index is 680. The zero-order valence-corrected chi connectivity index (χ0v) is 11.3. The Hall–Kier alpha value is -2.71. The van der Waals surface area contributed by atoms with Crippen LogP contribution in [0.15, 0.2) is 48.5 Å². The highest BCUT2D eigenvalue weighted by Crippen LogP contribution is 2.21. The van der Waals surface area contributed by atoms with Crippen molar-refractivity contribution in [1.29, 1.82) is 5.26 Å². The fraction of sp³-hybridized carbons (Fsp3) is 0.125. The van der Waals surface area contributed by atoms with E-state index in [1.165, 1.54) is 19.2 Å². The highest BCUT2D eigenvalue weighted by molar-refractivity contribution is 5.95. The maximum Gasteiger partial charge on any atom is 0.258 e. The van der Waals surface area contributed by atoms with E-state index in [1.54, 1.807) is 24.3 Å². The van der Waals surface area contributed by atoms with Gasteiger partial charge in [-0.2, -0.15) is 5.26 Å². The number of amides is 1. The molecule has 2 aromatic carbocycles. The molecule has 106 valence electrons. The zero-order valence-electron chi connectivity index (χ0n) is 11.3. The molecule has 1 atom stereocenters. The summed E-state index contributed by atoms with van der Waals surface area (Å²) in [6.45, 7) is 0. The average Bonchev–Trinajstić information content (AvgIpc) is 2.51. The number of benzene rings is 2. The molecular weight excluding hydrogens is 271 g/mol. The summed E-state index contributed by atoms with van der Waals surface area (Å²) in [5.74, 6) is -0.956. The number of rotatable bonds is 4. The molecule has 5 heteroatoms. The predicted molar refractivity (Wildman–Crippen MR) is 75.9 cm³/mol. The molecule has 21 heavy (non-hydrogen) atoms. The minimum absolute atomic E-state index is 0.0614. The first-order valence-corrected chi connectivity index (χ1v) is 6.24. The molecule has 1 N–H and O–H groups in total. The van der Waals surface area contributed by atoms with Crippen LogP contribution in [0.2, 0.25) is 0 Å². The van der Waals surface area contributed by atoms with Crippen molar-refractivity contribution in [1.82, 2.24) is 0 Å². The van der Waals surface area contributed by atoms with Gasteiger partial charge in [-0.1, -0.05) is 30.3 Å². The lowest BCUT2D eigenvalue weighted by Gasteiger charge is -2.16. The molecule has 0 bridgehead atoms. The van der Waals surface area contributed by atoms with E-state index in [9.17, 15) is 9.18 Å². The summed E-state index contributed by atoms with van der Waals surface area (Å²) in [7, 11) is 1.42. The molecule has 0 heterocycles. The molecule has 0 radical (unpaired) electrons. The summed E-state index contributed by atoms with van der Waals surface area (Å²) in [5, 5.41) is 11.6. The number of carbonyl (C=O) groups is 1. The molecule has 2 rings (SSSR count). The van der Waals surface area contributed by atoms with Gasteiger partial charge in [-0.15, -0.1) is 0 Å². The summed E-state index contributed by atoms with van der Waals surface area (Å²) < 4.78 is 18.3. The topological polar surface area (TPSA) is 62.1 Å². The maximum atomic E-state index is 13.1. The zero-order chi connectivity index (χ0) is 15.2. The molecule has 2 aromatic rings. The number of nitrogens with zero attached hydrogens (tertiary/aromatic N) is 1. The van der Waals surface area contributed by atoms with Crippen LogP contribution < -0.4 is 5.32 Å². The lowest BCUT2D eigenvalue weighted by molar-refractivity contribution is -0.126. The van der Waals surface area contributed by atoms with Crippen molar-refractivity contribution < 1.29 is 13.9 Å². The number of nitrogens with one attached hydrogen (secondary N) is 1. The van der Waals surface area contributed by atoms with Gasteiger partial charge in [0.1, 0.15) is 11.9 Å². The molecule has 0 saturated carbocycles. The Kier molecular flexibility index (Phi) is 4.64. The van der Waals surface area contributed by atoms with Crippen molar-refractivity contribution in [2.75, 3.05) is 12.4 Å². The third-order valence-corrected chi connectivity index (χ3v) is 2.94. The van der Waals surface area contributed by atoms with E-state index < -0.39 is 17.8 Å². The second kappa shape index (κ2) is 6.64. The second-order valence-electron chi connectivity index (χ2n) is 4.32. The number of ether oxygens (including phenoxy) is 1. The number of hydrogen-bond donors (Lipinski definition) is 1. The SMILES string of the molecule is COC(C(=O)Nc1ccc(F)cc1C#N)c1ccccc1. The molecule has 0 aliphatic heterocycles. The predicted octanol–water partition coefficient (Wildman–Crippen LogP) is 3.02. The van der Waals surface area contributed by atoms with Gasteiger partial charge < -0.3 is 10.1 Å². The smallest absolute Gasteiger partial charge is 0.258 e. The van der Waals surface area contributed by atoms with Crippen LogP contribution in [0.5, 0.6) is 0 Å². The lowest BCUT2D eigenvalue weighted by Crippen LogP contribution is -2.23. The van der Waals surface area contributed by atoms with Crippen LogP contribution in [-0.4, -0.2) is 13.0 Å². The van der Waals surface area contributed by atoms with Gasteiger partial charge in [-0.05, 0) is 23.8 Å². The van der Waals surface area contributed by atoms with E-state index >= 15 is 0 Å². The Balaban J connectivity index is 2.23. The molecule has 0 spiro atoms. The first kappa shape index (κ1) is 14.7. The van der Waals surface area contributed by atoms with E-state index in [2.05, 4.69) is 5.32 Å². The third-order valence-electron chi connectivity index (χ3n) is 2.94. The Morgan fingerprint density at radius 3 is 2.62 bits per heavy atom. The summed E-state index contributed by atoms with van der Waals surface area (Å²) >= 11 is 0. The van der Waals surface area contributed by atoms with Gasteiger partial charge >= 0.3 is 0 Å². The Labute approximate surface area is 121 Å². The normalized spacial score (nSPS) is 11.5. The number of hydrogen-bond acceptors (Lipinski definition) is 3. The molecule has 1 amide bonds. The van der Waals surface area contributed by atoms with Gasteiger partial charge in [0.15, 0.2) is 6.10 Å². The lowest BCUT2D eigenvalue weighted by atomic mass is 10.1. The fourth-order valence-corrected chi connectivity index (χ4v) is 1.94. The van der Waals surface area contributed by atoms with Gasteiger partial charge in [0, 0.05) is 7.11 Å². The molecule has 0 aromatic heterocycles. The number of anilines is 1. The Morgan fingerprint density at radius 2 is 2.00 bits per heavy atom. The van der Waals surface area contributed by atoms with Crippen LogP contribution in [0.25, 0.3) is 0 Å². The monoisotopic (exact) mass is 284 g/mol. The first-order valence-electron chi connectivity index (χ1n) is 6.24. The van der Waals surface area contributed by atoms with E-state index in [-0.39, 0.29) is 11.3 Å². The van der Waals surface area contributed by atoms with Gasteiger partial charge in [-0.3, -0.25) is 4.79 Å². The van der Waals surface area contributed by atoms with Gasteiger partial charge in [0.05, 0.1) is 11.3 Å². The average molecular weight is 284 g/mol. The van der Waals surface area contributed by atoms with Gasteiger partial charge in [0.25, 0.3) is 5.91 Å². The van der Waals surface area contributed by atoms with Crippen LogP contribution in [-0.2, 0) is 9.53 Å². The second-order valence-corrected chi connectivity index (χ2v) is 4.32. The minimum Gasteiger partial charge on any atom is -0.367 e. The van der Waals surface area contributed by atoms with Gasteiger partial charge in [-0.25, -0.2) is 4.39 Å². The summed E-state index contributed by atoms with van der Waals surface area (Å²) in [4.78, 5) is 12.3. The van der Waals surface area contributed by atoms with Crippen LogP contribution in [0.4, 0.5) is 10.1 Å². The molecule has 0 aliphatic rings. The van der Waals surface area contributed by atoms with Crippen molar-refractivity contribution in [2.24, 2.45) is 0 Å². The molecular formula is C16H13FN2O2. The molecule has 0 fully saturated rings. The first-order chi connectivity index (χ1) is 10.2. The van der Waals surface area contributed by atoms with E-state index in [0.717, 1.165) is 6.07 Å². The van der Waals surface area contributed by atoms with Crippen LogP contribution in [0, 0.1) is 17.1 Å². The minimum atomic E-state index is -0.803. The maximum absolute atomic E-state index is 13.1. The summed E-state index contributed by atoms with van der Waals surface area (Å²) in [6.07, 6.45) is -0.803. The van der Waals surface area contributed by atoms with Crippen LogP contribution >= 0.6 is 0 Å². The van der Waals surface area contributed by atoms with E-state index in [0.29, 0.717) is 5.56 Å². The van der Waals surface area contributed by atoms with Crippen molar-refractivity contribution in [3.05, 3.63) is 65.5 Å². The fourth-order valence-electron chi connectivity index (χ4n) is 1.94. The van der Waals surface area contributed by atoms with Crippen molar-refractivity contribution in [3.63, 3.8) is 0 Å².